The summed E-state index contributed by atoms with van der Waals surface area (Å²) in [5, 5.41) is 0.725. The molecule has 1 aromatic heterocycles. The minimum atomic E-state index is -0.891. The van der Waals surface area contributed by atoms with Gasteiger partial charge in [-0.05, 0) is 53.8 Å². The Morgan fingerprint density at radius 2 is 1.70 bits per heavy atom. The second-order valence-corrected chi connectivity index (χ2v) is 7.04. The molecule has 148 valence electrons. The molecule has 0 saturated carbocycles. The van der Waals surface area contributed by atoms with E-state index in [0.29, 0.717) is 22.2 Å². The largest absolute Gasteiger partial charge is 0.256 e. The Bertz CT molecular complexity index is 1280. The van der Waals surface area contributed by atoms with Crippen molar-refractivity contribution in [2.75, 3.05) is 0 Å². The number of hydrogen-bond donors (Lipinski definition) is 0. The molecule has 0 saturated heterocycles. The number of benzene rings is 3. The number of aromatic nitrogens is 1. The van der Waals surface area contributed by atoms with Gasteiger partial charge >= 0.3 is 0 Å². The van der Waals surface area contributed by atoms with Crippen LogP contribution in [0.15, 0.2) is 66.9 Å². The molecule has 0 unspecified atom stereocenters. The fourth-order valence-electron chi connectivity index (χ4n) is 3.29. The molecule has 1 heterocycles. The number of rotatable bonds is 3. The zero-order valence-electron chi connectivity index (χ0n) is 16.3. The third-order valence-electron chi connectivity index (χ3n) is 4.88. The fourth-order valence-corrected chi connectivity index (χ4v) is 3.29. The number of hydrogen-bond acceptors (Lipinski definition) is 1. The summed E-state index contributed by atoms with van der Waals surface area (Å²) in [6.07, 6.45) is 3.83. The second-order valence-electron chi connectivity index (χ2n) is 7.04. The van der Waals surface area contributed by atoms with Crippen LogP contribution in [0.3, 0.4) is 0 Å². The van der Waals surface area contributed by atoms with Gasteiger partial charge in [0.25, 0.3) is 0 Å². The maximum atomic E-state index is 14.6. The first-order valence-corrected chi connectivity index (χ1v) is 9.70. The first kappa shape index (κ1) is 19.7. The van der Waals surface area contributed by atoms with Crippen molar-refractivity contribution in [3.05, 3.63) is 101 Å². The van der Waals surface area contributed by atoms with Gasteiger partial charge in [0.05, 0.1) is 11.3 Å². The van der Waals surface area contributed by atoms with Crippen molar-refractivity contribution in [3.63, 3.8) is 0 Å². The van der Waals surface area contributed by atoms with Gasteiger partial charge in [-0.15, -0.1) is 0 Å². The monoisotopic (exact) mass is 401 g/mol. The molecule has 0 amide bonds. The highest BCUT2D eigenvalue weighted by Crippen LogP contribution is 2.22. The third-order valence-corrected chi connectivity index (χ3v) is 4.88. The van der Waals surface area contributed by atoms with Crippen LogP contribution in [0, 0.1) is 29.3 Å². The van der Waals surface area contributed by atoms with Crippen LogP contribution in [0.2, 0.25) is 0 Å². The van der Waals surface area contributed by atoms with E-state index in [-0.39, 0.29) is 10.9 Å². The van der Waals surface area contributed by atoms with Gasteiger partial charge in [-0.1, -0.05) is 49.5 Å². The molecule has 1 nitrogen and oxygen atoms in total. The van der Waals surface area contributed by atoms with Crippen molar-refractivity contribution in [2.45, 2.75) is 19.8 Å². The van der Waals surface area contributed by atoms with Gasteiger partial charge in [-0.3, -0.25) is 4.98 Å². The topological polar surface area (TPSA) is 12.9 Å². The molecule has 0 aliphatic rings. The smallest absolute Gasteiger partial charge is 0.166 e. The van der Waals surface area contributed by atoms with Gasteiger partial charge in [-0.25, -0.2) is 13.2 Å². The van der Waals surface area contributed by atoms with Gasteiger partial charge in [0.2, 0.25) is 0 Å². The Morgan fingerprint density at radius 3 is 2.43 bits per heavy atom. The molecule has 0 spiro atoms. The van der Waals surface area contributed by atoms with Crippen LogP contribution in [-0.4, -0.2) is 4.98 Å². The first-order chi connectivity index (χ1) is 14.5. The van der Waals surface area contributed by atoms with Crippen molar-refractivity contribution in [1.82, 2.24) is 4.98 Å². The van der Waals surface area contributed by atoms with Crippen LogP contribution in [0.5, 0.6) is 0 Å². The van der Waals surface area contributed by atoms with Gasteiger partial charge in [-0.2, -0.15) is 0 Å². The third kappa shape index (κ3) is 4.06. The quantitative estimate of drug-likeness (QED) is 0.349. The minimum absolute atomic E-state index is 0.188. The maximum Gasteiger partial charge on any atom is 0.166 e. The Labute approximate surface area is 173 Å². The minimum Gasteiger partial charge on any atom is -0.256 e. The molecule has 0 aliphatic carbocycles. The lowest BCUT2D eigenvalue weighted by Gasteiger charge is -2.04. The van der Waals surface area contributed by atoms with Crippen molar-refractivity contribution < 1.29 is 13.2 Å². The molecule has 4 rings (SSSR count). The lowest BCUT2D eigenvalue weighted by molar-refractivity contribution is 0.517. The van der Waals surface area contributed by atoms with Crippen molar-refractivity contribution in [1.29, 1.82) is 0 Å². The SMILES string of the molecule is CCCc1ccc(-c2ccc(C#Cc3ccc4c(F)c(F)ccc4c3)c(F)c2)nc1. The molecule has 0 fully saturated rings. The van der Waals surface area contributed by atoms with Crippen LogP contribution in [-0.2, 0) is 6.42 Å². The summed E-state index contributed by atoms with van der Waals surface area (Å²) in [5.74, 6) is 3.49. The molecule has 4 aromatic rings. The number of aryl methyl sites for hydroxylation is 1. The molecule has 0 N–H and O–H groups in total. The molecule has 0 bridgehead atoms. The van der Waals surface area contributed by atoms with E-state index in [1.807, 2.05) is 18.3 Å². The van der Waals surface area contributed by atoms with Gasteiger partial charge in [0, 0.05) is 22.7 Å². The first-order valence-electron chi connectivity index (χ1n) is 9.70. The Hall–Kier alpha value is -3.58. The molecule has 0 atom stereocenters. The van der Waals surface area contributed by atoms with Crippen LogP contribution in [0.25, 0.3) is 22.0 Å². The summed E-state index contributed by atoms with van der Waals surface area (Å²) >= 11 is 0. The summed E-state index contributed by atoms with van der Waals surface area (Å²) in [5.41, 5.74) is 3.39. The molecule has 0 radical (unpaired) electrons. The average Bonchev–Trinajstić information content (AvgIpc) is 2.76. The summed E-state index contributed by atoms with van der Waals surface area (Å²) in [7, 11) is 0. The summed E-state index contributed by atoms with van der Waals surface area (Å²) in [6.45, 7) is 2.11. The van der Waals surface area contributed by atoms with E-state index in [0.717, 1.165) is 24.5 Å². The number of fused-ring (bicyclic) bond motifs is 1. The van der Waals surface area contributed by atoms with Gasteiger partial charge in [0.1, 0.15) is 5.82 Å². The lowest BCUT2D eigenvalue weighted by atomic mass is 10.0. The standard InChI is InChI=1S/C26H18F3N/c1-2-3-18-6-13-25(30-16-18)21-9-8-19(24(28)15-21)7-4-17-5-11-22-20(14-17)10-12-23(27)26(22)29/h5-6,8-16H,2-3H2,1H3. The van der Waals surface area contributed by atoms with E-state index in [4.69, 9.17) is 0 Å². The highest BCUT2D eigenvalue weighted by atomic mass is 19.2. The maximum absolute atomic E-state index is 14.6. The number of halogens is 3. The summed E-state index contributed by atoms with van der Waals surface area (Å²) < 4.78 is 41.7. The normalized spacial score (nSPS) is 10.7. The molecular weight excluding hydrogens is 383 g/mol. The zero-order valence-corrected chi connectivity index (χ0v) is 16.3. The van der Waals surface area contributed by atoms with E-state index >= 15 is 0 Å². The van der Waals surface area contributed by atoms with E-state index in [2.05, 4.69) is 23.7 Å². The van der Waals surface area contributed by atoms with E-state index in [1.54, 1.807) is 24.3 Å². The van der Waals surface area contributed by atoms with E-state index in [9.17, 15) is 13.2 Å². The Balaban J connectivity index is 1.60. The highest BCUT2D eigenvalue weighted by molar-refractivity contribution is 5.84. The highest BCUT2D eigenvalue weighted by Gasteiger charge is 2.07. The Morgan fingerprint density at radius 1 is 0.833 bits per heavy atom. The number of nitrogens with zero attached hydrogens (tertiary/aromatic N) is 1. The zero-order chi connectivity index (χ0) is 21.1. The van der Waals surface area contributed by atoms with Crippen LogP contribution in [0.1, 0.15) is 30.0 Å². The van der Waals surface area contributed by atoms with Crippen molar-refractivity contribution in [3.8, 4) is 23.1 Å². The fraction of sp³-hybridized carbons (Fsp3) is 0.115. The molecule has 3 aromatic carbocycles. The summed E-state index contributed by atoms with van der Waals surface area (Å²) in [6, 6.07) is 16.0. The number of pyridine rings is 1. The van der Waals surface area contributed by atoms with Gasteiger partial charge in [0.15, 0.2) is 11.6 Å². The molecule has 4 heteroatoms. The molecular formula is C26H18F3N. The van der Waals surface area contributed by atoms with Crippen molar-refractivity contribution in [2.24, 2.45) is 0 Å². The van der Waals surface area contributed by atoms with Crippen molar-refractivity contribution >= 4 is 10.8 Å². The van der Waals surface area contributed by atoms with Crippen LogP contribution in [0.4, 0.5) is 13.2 Å². The van der Waals surface area contributed by atoms with Gasteiger partial charge < -0.3 is 0 Å². The second kappa shape index (κ2) is 8.42. The van der Waals surface area contributed by atoms with E-state index < -0.39 is 17.5 Å². The predicted molar refractivity (Wildman–Crippen MR) is 113 cm³/mol. The Kier molecular flexibility index (Phi) is 5.54. The predicted octanol–water partition coefficient (Wildman–Crippen LogP) is 6.67. The lowest BCUT2D eigenvalue weighted by Crippen LogP contribution is -1.90. The van der Waals surface area contributed by atoms with Crippen LogP contribution >= 0.6 is 0 Å². The average molecular weight is 401 g/mol. The van der Waals surface area contributed by atoms with Crippen LogP contribution < -0.4 is 0 Å². The summed E-state index contributed by atoms with van der Waals surface area (Å²) in [4.78, 5) is 4.41. The molecule has 30 heavy (non-hydrogen) atoms. The van der Waals surface area contributed by atoms with E-state index in [1.165, 1.54) is 18.2 Å². The molecule has 0 aliphatic heterocycles.